The Hall–Kier alpha value is -1.97. The maximum atomic E-state index is 12.7. The molecule has 0 spiro atoms. The van der Waals surface area contributed by atoms with E-state index in [-0.39, 0.29) is 0 Å². The zero-order valence-electron chi connectivity index (χ0n) is 13.8. The smallest absolute Gasteiger partial charge is 0.355 e. The molecule has 0 bridgehead atoms. The summed E-state index contributed by atoms with van der Waals surface area (Å²) in [6.45, 7) is 5.66. The fourth-order valence-electron chi connectivity index (χ4n) is 1.84. The minimum atomic E-state index is -2.68. The van der Waals surface area contributed by atoms with Gasteiger partial charge in [-0.1, -0.05) is 24.3 Å². The Balaban J connectivity index is 2.27. The van der Waals surface area contributed by atoms with Crippen molar-refractivity contribution in [3.05, 3.63) is 54.6 Å². The van der Waals surface area contributed by atoms with Crippen molar-refractivity contribution >= 4 is 13.9 Å². The van der Waals surface area contributed by atoms with Crippen molar-refractivity contribution in [3.8, 4) is 11.5 Å². The van der Waals surface area contributed by atoms with E-state index in [4.69, 9.17) is 14.1 Å². The van der Waals surface area contributed by atoms with E-state index in [0.29, 0.717) is 17.2 Å². The summed E-state index contributed by atoms with van der Waals surface area (Å²) in [5.41, 5.74) is 0.0859. The summed E-state index contributed by atoms with van der Waals surface area (Å²) in [7, 11) is -1.10. The SMILES string of the molecule is COc1cccc(N(OC(C)(C)C)[PH](=O)Oc2ccccc2)c1. The van der Waals surface area contributed by atoms with Crippen LogP contribution in [0.4, 0.5) is 5.69 Å². The van der Waals surface area contributed by atoms with Crippen LogP contribution in [-0.2, 0) is 9.40 Å². The predicted molar refractivity (Wildman–Crippen MR) is 92.4 cm³/mol. The molecule has 124 valence electrons. The number of benzene rings is 2. The standard InChI is InChI=1S/C17H22NO4P/c1-17(2,3)22-18(14-9-8-12-16(13-14)20-4)23(19)21-15-10-6-5-7-11-15/h5-13,23H,1-4H3. The molecule has 0 amide bonds. The summed E-state index contributed by atoms with van der Waals surface area (Å²) in [6, 6.07) is 16.2. The predicted octanol–water partition coefficient (Wildman–Crippen LogP) is 4.70. The molecule has 1 unspecified atom stereocenters. The maximum Gasteiger partial charge on any atom is 0.355 e. The van der Waals surface area contributed by atoms with E-state index < -0.39 is 13.8 Å². The van der Waals surface area contributed by atoms with Gasteiger partial charge in [0, 0.05) is 6.07 Å². The van der Waals surface area contributed by atoms with Crippen molar-refractivity contribution in [1.29, 1.82) is 0 Å². The molecular weight excluding hydrogens is 313 g/mol. The van der Waals surface area contributed by atoms with Gasteiger partial charge >= 0.3 is 8.18 Å². The van der Waals surface area contributed by atoms with Crippen molar-refractivity contribution in [2.45, 2.75) is 26.4 Å². The van der Waals surface area contributed by atoms with E-state index >= 15 is 0 Å². The lowest BCUT2D eigenvalue weighted by atomic mass is 10.2. The molecule has 23 heavy (non-hydrogen) atoms. The van der Waals surface area contributed by atoms with Crippen LogP contribution < -0.4 is 14.1 Å². The van der Waals surface area contributed by atoms with Crippen molar-refractivity contribution in [3.63, 3.8) is 0 Å². The van der Waals surface area contributed by atoms with Crippen LogP contribution >= 0.6 is 8.18 Å². The lowest BCUT2D eigenvalue weighted by molar-refractivity contribution is 0.00449. The largest absolute Gasteiger partial charge is 0.497 e. The first-order chi connectivity index (χ1) is 10.9. The molecule has 6 heteroatoms. The first-order valence-electron chi connectivity index (χ1n) is 7.29. The van der Waals surface area contributed by atoms with E-state index in [9.17, 15) is 4.57 Å². The Morgan fingerprint density at radius 2 is 1.61 bits per heavy atom. The molecule has 0 radical (unpaired) electrons. The zero-order chi connectivity index (χ0) is 16.9. The Kier molecular flexibility index (Phi) is 5.69. The average Bonchev–Trinajstić information content (AvgIpc) is 2.52. The second kappa shape index (κ2) is 7.53. The third kappa shape index (κ3) is 5.31. The lowest BCUT2D eigenvalue weighted by Crippen LogP contribution is -2.30. The van der Waals surface area contributed by atoms with Crippen LogP contribution in [0.25, 0.3) is 0 Å². The average molecular weight is 335 g/mol. The lowest BCUT2D eigenvalue weighted by Gasteiger charge is -2.30. The number of rotatable bonds is 6. The monoisotopic (exact) mass is 335 g/mol. The van der Waals surface area contributed by atoms with Gasteiger partial charge in [0.2, 0.25) is 0 Å². The van der Waals surface area contributed by atoms with Gasteiger partial charge in [-0.25, -0.2) is 0 Å². The van der Waals surface area contributed by atoms with Gasteiger partial charge in [-0.2, -0.15) is 4.83 Å². The van der Waals surface area contributed by atoms with Gasteiger partial charge in [0.15, 0.2) is 0 Å². The van der Waals surface area contributed by atoms with Gasteiger partial charge in [0.1, 0.15) is 11.5 Å². The molecular formula is C17H22NO4P. The van der Waals surface area contributed by atoms with Crippen LogP contribution in [0.5, 0.6) is 11.5 Å². The molecule has 0 N–H and O–H groups in total. The van der Waals surface area contributed by atoms with Gasteiger partial charge in [0.25, 0.3) is 0 Å². The van der Waals surface area contributed by atoms with Crippen LogP contribution in [0.15, 0.2) is 54.6 Å². The summed E-state index contributed by atoms with van der Waals surface area (Å²) in [4.78, 5) is 7.16. The van der Waals surface area contributed by atoms with Crippen molar-refractivity contribution in [2.75, 3.05) is 11.9 Å². The van der Waals surface area contributed by atoms with Crippen LogP contribution in [0, 0.1) is 0 Å². The minimum absolute atomic E-state index is 0.524. The second-order valence-electron chi connectivity index (χ2n) is 5.88. The second-order valence-corrected chi connectivity index (χ2v) is 7.02. The molecule has 0 aromatic heterocycles. The van der Waals surface area contributed by atoms with E-state index in [1.54, 1.807) is 31.4 Å². The summed E-state index contributed by atoms with van der Waals surface area (Å²) < 4.78 is 23.5. The molecule has 0 fully saturated rings. The molecule has 0 saturated heterocycles. The fraction of sp³-hybridized carbons (Fsp3) is 0.294. The van der Waals surface area contributed by atoms with Gasteiger partial charge in [-0.3, -0.25) is 9.40 Å². The van der Waals surface area contributed by atoms with E-state index in [0.717, 1.165) is 0 Å². The molecule has 0 aliphatic rings. The summed E-state index contributed by atoms with van der Waals surface area (Å²) in [5.74, 6) is 1.18. The zero-order valence-corrected chi connectivity index (χ0v) is 14.8. The van der Waals surface area contributed by atoms with Gasteiger partial charge < -0.3 is 9.26 Å². The molecule has 1 atom stereocenters. The van der Waals surface area contributed by atoms with Gasteiger partial charge in [0.05, 0.1) is 18.4 Å². The van der Waals surface area contributed by atoms with Crippen LogP contribution in [-0.4, -0.2) is 12.7 Å². The van der Waals surface area contributed by atoms with Crippen molar-refractivity contribution in [1.82, 2.24) is 0 Å². The molecule has 0 aliphatic heterocycles. The Morgan fingerprint density at radius 3 is 2.22 bits per heavy atom. The first-order valence-corrected chi connectivity index (χ1v) is 8.55. The van der Waals surface area contributed by atoms with Crippen molar-refractivity contribution in [2.24, 2.45) is 0 Å². The Bertz CT molecular complexity index is 655. The number of nitrogens with zero attached hydrogens (tertiary/aromatic N) is 1. The van der Waals surface area contributed by atoms with Gasteiger partial charge in [-0.15, -0.1) is 0 Å². The Labute approximate surface area is 137 Å². The number of methoxy groups -OCH3 is 1. The number of anilines is 1. The number of hydrogen-bond acceptors (Lipinski definition) is 4. The minimum Gasteiger partial charge on any atom is -0.497 e. The molecule has 0 heterocycles. The van der Waals surface area contributed by atoms with E-state index in [2.05, 4.69) is 0 Å². The summed E-state index contributed by atoms with van der Waals surface area (Å²) >= 11 is 0. The number of hydrogen-bond donors (Lipinski definition) is 0. The van der Waals surface area contributed by atoms with Crippen LogP contribution in [0.2, 0.25) is 0 Å². The highest BCUT2D eigenvalue weighted by Gasteiger charge is 2.24. The molecule has 2 aromatic rings. The first kappa shape index (κ1) is 17.4. The topological polar surface area (TPSA) is 48.0 Å². The van der Waals surface area contributed by atoms with E-state index in [1.165, 1.54) is 4.83 Å². The normalized spacial score (nSPS) is 12.5. The molecule has 0 saturated carbocycles. The highest BCUT2D eigenvalue weighted by molar-refractivity contribution is 7.41. The fourth-order valence-corrected chi connectivity index (χ4v) is 2.96. The maximum absolute atomic E-state index is 12.7. The van der Waals surface area contributed by atoms with Crippen molar-refractivity contribution < 1.29 is 18.7 Å². The third-order valence-electron chi connectivity index (χ3n) is 2.77. The molecule has 5 nitrogen and oxygen atoms in total. The third-order valence-corrected chi connectivity index (χ3v) is 3.86. The Morgan fingerprint density at radius 1 is 0.957 bits per heavy atom. The quantitative estimate of drug-likeness (QED) is 0.566. The number of para-hydroxylation sites is 1. The number of ether oxygens (including phenoxy) is 1. The summed E-state index contributed by atoms with van der Waals surface area (Å²) in [5, 5.41) is 0. The van der Waals surface area contributed by atoms with Gasteiger partial charge in [-0.05, 0) is 45.0 Å². The van der Waals surface area contributed by atoms with Crippen LogP contribution in [0.1, 0.15) is 20.8 Å². The molecule has 2 rings (SSSR count). The molecule has 0 aliphatic carbocycles. The van der Waals surface area contributed by atoms with E-state index in [1.807, 2.05) is 51.1 Å². The van der Waals surface area contributed by atoms with Crippen LogP contribution in [0.3, 0.4) is 0 Å². The highest BCUT2D eigenvalue weighted by atomic mass is 31.1. The molecule has 2 aromatic carbocycles. The summed E-state index contributed by atoms with van der Waals surface area (Å²) in [6.07, 6.45) is 0. The highest BCUT2D eigenvalue weighted by Crippen LogP contribution is 2.39.